The maximum Gasteiger partial charge on any atom is 0.257 e. The van der Waals surface area contributed by atoms with Crippen molar-refractivity contribution in [1.82, 2.24) is 10.3 Å². The maximum atomic E-state index is 12.4. The van der Waals surface area contributed by atoms with Crippen LogP contribution < -0.4 is 10.6 Å². The fraction of sp³-hybridized carbons (Fsp3) is 0.263. The second kappa shape index (κ2) is 8.23. The Morgan fingerprint density at radius 2 is 2.04 bits per heavy atom. The van der Waals surface area contributed by atoms with Crippen LogP contribution in [0.4, 0.5) is 5.69 Å². The number of aromatic nitrogens is 1. The normalized spacial score (nSPS) is 15.9. The predicted molar refractivity (Wildman–Crippen MR) is 94.7 cm³/mol. The zero-order valence-electron chi connectivity index (χ0n) is 14.1. The van der Waals surface area contributed by atoms with Crippen LogP contribution in [0.1, 0.15) is 39.1 Å². The molecule has 1 aromatic carbocycles. The SMILES string of the molecule is N#Cc1cccc(NC(=O)c2cncc(C(=O)NCC3CCCO3)c2)c1. The summed E-state index contributed by atoms with van der Waals surface area (Å²) >= 11 is 0. The van der Waals surface area contributed by atoms with Crippen molar-refractivity contribution in [3.05, 3.63) is 59.4 Å². The van der Waals surface area contributed by atoms with Crippen molar-refractivity contribution in [3.63, 3.8) is 0 Å². The molecule has 7 heteroatoms. The average molecular weight is 350 g/mol. The van der Waals surface area contributed by atoms with Gasteiger partial charge in [-0.25, -0.2) is 0 Å². The Morgan fingerprint density at radius 1 is 1.23 bits per heavy atom. The van der Waals surface area contributed by atoms with Crippen molar-refractivity contribution in [2.45, 2.75) is 18.9 Å². The highest BCUT2D eigenvalue weighted by atomic mass is 16.5. The summed E-state index contributed by atoms with van der Waals surface area (Å²) in [5.41, 5.74) is 1.52. The van der Waals surface area contributed by atoms with E-state index in [1.165, 1.54) is 18.5 Å². The van der Waals surface area contributed by atoms with Gasteiger partial charge in [-0.15, -0.1) is 0 Å². The highest BCUT2D eigenvalue weighted by molar-refractivity contribution is 6.05. The summed E-state index contributed by atoms with van der Waals surface area (Å²) in [7, 11) is 0. The number of nitriles is 1. The Morgan fingerprint density at radius 3 is 2.77 bits per heavy atom. The van der Waals surface area contributed by atoms with Gasteiger partial charge in [0, 0.05) is 31.2 Å². The van der Waals surface area contributed by atoms with Gasteiger partial charge in [0.15, 0.2) is 0 Å². The first-order valence-electron chi connectivity index (χ1n) is 8.32. The third-order valence-electron chi connectivity index (χ3n) is 4.03. The van der Waals surface area contributed by atoms with Crippen LogP contribution in [0.15, 0.2) is 42.7 Å². The molecule has 2 heterocycles. The van der Waals surface area contributed by atoms with Crippen LogP contribution >= 0.6 is 0 Å². The number of nitrogens with zero attached hydrogens (tertiary/aromatic N) is 2. The molecule has 26 heavy (non-hydrogen) atoms. The van der Waals surface area contributed by atoms with E-state index < -0.39 is 5.91 Å². The van der Waals surface area contributed by atoms with E-state index in [0.29, 0.717) is 23.4 Å². The summed E-state index contributed by atoms with van der Waals surface area (Å²) in [6.45, 7) is 1.17. The summed E-state index contributed by atoms with van der Waals surface area (Å²) in [6, 6.07) is 10.1. The minimum absolute atomic E-state index is 0.0470. The van der Waals surface area contributed by atoms with Crippen LogP contribution in [0.25, 0.3) is 0 Å². The summed E-state index contributed by atoms with van der Waals surface area (Å²) in [5.74, 6) is -0.699. The predicted octanol–water partition coefficient (Wildman–Crippen LogP) is 2.11. The lowest BCUT2D eigenvalue weighted by Crippen LogP contribution is -2.32. The fourth-order valence-electron chi connectivity index (χ4n) is 2.67. The van der Waals surface area contributed by atoms with Crippen LogP contribution in [-0.4, -0.2) is 36.1 Å². The molecular weight excluding hydrogens is 332 g/mol. The molecule has 0 radical (unpaired) electrons. The van der Waals surface area contributed by atoms with Gasteiger partial charge in [0.05, 0.1) is 28.9 Å². The summed E-state index contributed by atoms with van der Waals surface area (Å²) in [6.07, 6.45) is 4.79. The van der Waals surface area contributed by atoms with Gasteiger partial charge in [-0.2, -0.15) is 5.26 Å². The van der Waals surface area contributed by atoms with E-state index in [1.807, 2.05) is 6.07 Å². The zero-order chi connectivity index (χ0) is 18.4. The van der Waals surface area contributed by atoms with E-state index >= 15 is 0 Å². The standard InChI is InChI=1S/C19H18N4O3/c20-9-13-3-1-4-16(7-13)23-19(25)15-8-14(10-21-11-15)18(24)22-12-17-5-2-6-26-17/h1,3-4,7-8,10-11,17H,2,5-6,12H2,(H,22,24)(H,23,25). The van der Waals surface area contributed by atoms with Crippen LogP contribution in [0.2, 0.25) is 0 Å². The zero-order valence-corrected chi connectivity index (χ0v) is 14.1. The minimum Gasteiger partial charge on any atom is -0.376 e. The molecule has 7 nitrogen and oxygen atoms in total. The lowest BCUT2D eigenvalue weighted by molar-refractivity contribution is 0.0857. The van der Waals surface area contributed by atoms with Crippen LogP contribution in [0.3, 0.4) is 0 Å². The molecule has 0 bridgehead atoms. The molecule has 1 unspecified atom stereocenters. The van der Waals surface area contributed by atoms with Crippen molar-refractivity contribution in [2.24, 2.45) is 0 Å². The lowest BCUT2D eigenvalue weighted by Gasteiger charge is -2.11. The Hall–Kier alpha value is -3.24. The first kappa shape index (κ1) is 17.6. The number of carbonyl (C=O) groups is 2. The molecule has 2 N–H and O–H groups in total. The second-order valence-corrected chi connectivity index (χ2v) is 5.95. The van der Waals surface area contributed by atoms with Gasteiger partial charge < -0.3 is 15.4 Å². The molecule has 0 spiro atoms. The summed E-state index contributed by atoms with van der Waals surface area (Å²) in [4.78, 5) is 28.6. The second-order valence-electron chi connectivity index (χ2n) is 5.95. The monoisotopic (exact) mass is 350 g/mol. The summed E-state index contributed by atoms with van der Waals surface area (Å²) in [5, 5.41) is 14.4. The molecule has 3 rings (SSSR count). The molecule has 1 fully saturated rings. The largest absolute Gasteiger partial charge is 0.376 e. The molecule has 0 saturated carbocycles. The van der Waals surface area contributed by atoms with E-state index in [1.54, 1.807) is 24.3 Å². The number of rotatable bonds is 5. The molecule has 1 aliphatic heterocycles. The van der Waals surface area contributed by atoms with Crippen molar-refractivity contribution >= 4 is 17.5 Å². The lowest BCUT2D eigenvalue weighted by atomic mass is 10.1. The van der Waals surface area contributed by atoms with Crippen molar-refractivity contribution in [2.75, 3.05) is 18.5 Å². The van der Waals surface area contributed by atoms with E-state index in [9.17, 15) is 9.59 Å². The number of carbonyl (C=O) groups excluding carboxylic acids is 2. The van der Waals surface area contributed by atoms with Gasteiger partial charge in [0.2, 0.25) is 0 Å². The quantitative estimate of drug-likeness (QED) is 0.859. The van der Waals surface area contributed by atoms with E-state index in [2.05, 4.69) is 15.6 Å². The van der Waals surface area contributed by atoms with Gasteiger partial charge >= 0.3 is 0 Å². The van der Waals surface area contributed by atoms with Crippen LogP contribution in [0.5, 0.6) is 0 Å². The van der Waals surface area contributed by atoms with E-state index in [4.69, 9.17) is 10.00 Å². The van der Waals surface area contributed by atoms with E-state index in [0.717, 1.165) is 19.4 Å². The Balaban J connectivity index is 1.64. The van der Waals surface area contributed by atoms with Gasteiger partial charge in [0.1, 0.15) is 0 Å². The first-order chi connectivity index (χ1) is 12.7. The van der Waals surface area contributed by atoms with Crippen molar-refractivity contribution < 1.29 is 14.3 Å². The number of anilines is 1. The Kier molecular flexibility index (Phi) is 5.56. The number of amides is 2. The molecule has 1 atom stereocenters. The van der Waals surface area contributed by atoms with Crippen molar-refractivity contribution in [3.8, 4) is 6.07 Å². The molecule has 1 aliphatic rings. The van der Waals surface area contributed by atoms with E-state index in [-0.39, 0.29) is 17.6 Å². The third kappa shape index (κ3) is 4.43. The number of hydrogen-bond donors (Lipinski definition) is 2. The Bertz CT molecular complexity index is 854. The number of hydrogen-bond acceptors (Lipinski definition) is 5. The summed E-state index contributed by atoms with van der Waals surface area (Å²) < 4.78 is 5.47. The van der Waals surface area contributed by atoms with Crippen molar-refractivity contribution in [1.29, 1.82) is 5.26 Å². The van der Waals surface area contributed by atoms with Gasteiger partial charge in [0.25, 0.3) is 11.8 Å². The molecule has 1 aromatic heterocycles. The third-order valence-corrected chi connectivity index (χ3v) is 4.03. The average Bonchev–Trinajstić information content (AvgIpc) is 3.20. The molecule has 0 aliphatic carbocycles. The maximum absolute atomic E-state index is 12.4. The van der Waals surface area contributed by atoms with Crippen LogP contribution in [0, 0.1) is 11.3 Å². The highest BCUT2D eigenvalue weighted by Gasteiger charge is 2.17. The molecule has 132 valence electrons. The fourth-order valence-corrected chi connectivity index (χ4v) is 2.67. The number of benzene rings is 1. The van der Waals surface area contributed by atoms with Crippen LogP contribution in [-0.2, 0) is 4.74 Å². The van der Waals surface area contributed by atoms with Gasteiger partial charge in [-0.05, 0) is 37.1 Å². The molecule has 2 amide bonds. The van der Waals surface area contributed by atoms with Gasteiger partial charge in [-0.3, -0.25) is 14.6 Å². The number of pyridine rings is 1. The minimum atomic E-state index is -0.402. The smallest absolute Gasteiger partial charge is 0.257 e. The topological polar surface area (TPSA) is 104 Å². The highest BCUT2D eigenvalue weighted by Crippen LogP contribution is 2.13. The molecule has 1 saturated heterocycles. The first-order valence-corrected chi connectivity index (χ1v) is 8.32. The Labute approximate surface area is 151 Å². The molecular formula is C19H18N4O3. The number of nitrogens with one attached hydrogen (secondary N) is 2. The number of ether oxygens (including phenoxy) is 1. The van der Waals surface area contributed by atoms with Gasteiger partial charge in [-0.1, -0.05) is 6.07 Å². The molecule has 2 aromatic rings.